The van der Waals surface area contributed by atoms with E-state index in [0.29, 0.717) is 5.15 Å². The zero-order chi connectivity index (χ0) is 13.6. The fraction of sp³-hybridized carbons (Fsp3) is 0.286. The van der Waals surface area contributed by atoms with E-state index in [1.54, 1.807) is 12.1 Å². The highest BCUT2D eigenvalue weighted by Gasteiger charge is 2.39. The van der Waals surface area contributed by atoms with Gasteiger partial charge in [-0.25, -0.2) is 14.4 Å². The van der Waals surface area contributed by atoms with Gasteiger partial charge in [0.2, 0.25) is 5.28 Å². The van der Waals surface area contributed by atoms with Crippen molar-refractivity contribution in [3.63, 3.8) is 0 Å². The Hall–Kier alpha value is -1.19. The molecule has 5 heteroatoms. The minimum absolute atomic E-state index is 0.152. The zero-order valence-electron chi connectivity index (χ0n) is 10.3. The SMILES string of the molecule is CC1(c2ccc(F)cc2)CCc2c(Cl)nc(Cl)nc21. The number of benzene rings is 1. The molecule has 0 fully saturated rings. The van der Waals surface area contributed by atoms with Gasteiger partial charge in [0, 0.05) is 11.0 Å². The molecule has 1 atom stereocenters. The normalized spacial score (nSPS) is 21.5. The average Bonchev–Trinajstić information content (AvgIpc) is 2.69. The molecule has 98 valence electrons. The van der Waals surface area contributed by atoms with Crippen molar-refractivity contribution in [2.75, 3.05) is 0 Å². The second-order valence-corrected chi connectivity index (χ2v) is 5.65. The van der Waals surface area contributed by atoms with Crippen molar-refractivity contribution >= 4 is 23.2 Å². The summed E-state index contributed by atoms with van der Waals surface area (Å²) < 4.78 is 13.1. The Labute approximate surface area is 120 Å². The minimum Gasteiger partial charge on any atom is -0.222 e. The summed E-state index contributed by atoms with van der Waals surface area (Å²) in [6.07, 6.45) is 1.67. The van der Waals surface area contributed by atoms with E-state index in [1.165, 1.54) is 12.1 Å². The summed E-state index contributed by atoms with van der Waals surface area (Å²) in [6.45, 7) is 2.08. The molecule has 1 unspecified atom stereocenters. The number of hydrogen-bond donors (Lipinski definition) is 0. The van der Waals surface area contributed by atoms with Crippen LogP contribution in [0.1, 0.15) is 30.2 Å². The van der Waals surface area contributed by atoms with Crippen molar-refractivity contribution in [3.05, 3.63) is 57.3 Å². The summed E-state index contributed by atoms with van der Waals surface area (Å²) in [5, 5.41) is 0.569. The predicted octanol–water partition coefficient (Wildman–Crippen LogP) is 4.17. The third kappa shape index (κ3) is 2.01. The lowest BCUT2D eigenvalue weighted by Crippen LogP contribution is -2.21. The Morgan fingerprint density at radius 2 is 1.84 bits per heavy atom. The fourth-order valence-corrected chi connectivity index (χ4v) is 3.18. The summed E-state index contributed by atoms with van der Waals surface area (Å²) in [4.78, 5) is 8.32. The first-order valence-corrected chi connectivity index (χ1v) is 6.75. The summed E-state index contributed by atoms with van der Waals surface area (Å²) in [5.41, 5.74) is 2.51. The molecule has 2 nitrogen and oxygen atoms in total. The number of fused-ring (bicyclic) bond motifs is 1. The van der Waals surface area contributed by atoms with E-state index >= 15 is 0 Å². The molecule has 2 aromatic rings. The van der Waals surface area contributed by atoms with Crippen LogP contribution in [0, 0.1) is 5.82 Å². The van der Waals surface area contributed by atoms with E-state index in [9.17, 15) is 4.39 Å². The fourth-order valence-electron chi connectivity index (χ4n) is 2.70. The topological polar surface area (TPSA) is 25.8 Å². The van der Waals surface area contributed by atoms with Crippen LogP contribution in [0.3, 0.4) is 0 Å². The van der Waals surface area contributed by atoms with Crippen LogP contribution in [0.25, 0.3) is 0 Å². The first-order chi connectivity index (χ1) is 9.00. The summed E-state index contributed by atoms with van der Waals surface area (Å²) >= 11 is 12.0. The first-order valence-electron chi connectivity index (χ1n) is 5.99. The lowest BCUT2D eigenvalue weighted by molar-refractivity contribution is 0.548. The van der Waals surface area contributed by atoms with Crippen LogP contribution in [-0.4, -0.2) is 9.97 Å². The molecule has 1 aromatic heterocycles. The number of rotatable bonds is 1. The van der Waals surface area contributed by atoms with E-state index in [0.717, 1.165) is 29.7 Å². The predicted molar refractivity (Wildman–Crippen MR) is 73.2 cm³/mol. The van der Waals surface area contributed by atoms with E-state index < -0.39 is 0 Å². The molecule has 0 aliphatic heterocycles. The van der Waals surface area contributed by atoms with Gasteiger partial charge in [0.1, 0.15) is 11.0 Å². The monoisotopic (exact) mass is 296 g/mol. The van der Waals surface area contributed by atoms with Gasteiger partial charge < -0.3 is 0 Å². The van der Waals surface area contributed by atoms with Crippen molar-refractivity contribution in [2.45, 2.75) is 25.2 Å². The maximum Gasteiger partial charge on any atom is 0.224 e. The summed E-state index contributed by atoms with van der Waals surface area (Å²) in [5.74, 6) is -0.246. The quantitative estimate of drug-likeness (QED) is 0.583. The van der Waals surface area contributed by atoms with Gasteiger partial charge in [0.05, 0.1) is 5.69 Å². The molecule has 0 bridgehead atoms. The molecule has 19 heavy (non-hydrogen) atoms. The molecule has 1 aromatic carbocycles. The van der Waals surface area contributed by atoms with Crippen LogP contribution in [0.15, 0.2) is 24.3 Å². The molecular formula is C14H11Cl2FN2. The summed E-state index contributed by atoms with van der Waals surface area (Å²) in [7, 11) is 0. The highest BCUT2D eigenvalue weighted by molar-refractivity contribution is 6.32. The Kier molecular flexibility index (Phi) is 2.99. The molecule has 0 saturated carbocycles. The van der Waals surface area contributed by atoms with Gasteiger partial charge >= 0.3 is 0 Å². The number of nitrogens with zero attached hydrogens (tertiary/aromatic N) is 2. The highest BCUT2D eigenvalue weighted by Crippen LogP contribution is 2.44. The largest absolute Gasteiger partial charge is 0.224 e. The lowest BCUT2D eigenvalue weighted by Gasteiger charge is -2.25. The molecule has 0 amide bonds. The molecule has 1 heterocycles. The molecule has 3 rings (SSSR count). The molecule has 0 N–H and O–H groups in total. The van der Waals surface area contributed by atoms with Crippen LogP contribution in [0.5, 0.6) is 0 Å². The molecule has 0 spiro atoms. The van der Waals surface area contributed by atoms with Gasteiger partial charge in [-0.3, -0.25) is 0 Å². The van der Waals surface area contributed by atoms with Crippen LogP contribution in [0.4, 0.5) is 4.39 Å². The van der Waals surface area contributed by atoms with Gasteiger partial charge in [-0.1, -0.05) is 23.7 Å². The van der Waals surface area contributed by atoms with Crippen molar-refractivity contribution in [1.29, 1.82) is 0 Å². The van der Waals surface area contributed by atoms with E-state index in [-0.39, 0.29) is 16.5 Å². The molecule has 0 radical (unpaired) electrons. The smallest absolute Gasteiger partial charge is 0.222 e. The number of hydrogen-bond acceptors (Lipinski definition) is 2. The van der Waals surface area contributed by atoms with Crippen LogP contribution < -0.4 is 0 Å². The molecule has 1 aliphatic rings. The van der Waals surface area contributed by atoms with Crippen LogP contribution in [-0.2, 0) is 11.8 Å². The highest BCUT2D eigenvalue weighted by atomic mass is 35.5. The third-order valence-electron chi connectivity index (χ3n) is 3.81. The standard InChI is InChI=1S/C14H11Cl2FN2/c1-14(8-2-4-9(17)5-3-8)7-6-10-11(14)18-13(16)19-12(10)15/h2-5H,6-7H2,1H3. The van der Waals surface area contributed by atoms with Gasteiger partial charge in [0.25, 0.3) is 0 Å². The Morgan fingerprint density at radius 1 is 1.16 bits per heavy atom. The molecule has 1 aliphatic carbocycles. The van der Waals surface area contributed by atoms with Crippen LogP contribution in [0.2, 0.25) is 10.4 Å². The third-order valence-corrected chi connectivity index (χ3v) is 4.29. The van der Waals surface area contributed by atoms with Crippen LogP contribution >= 0.6 is 23.2 Å². The van der Waals surface area contributed by atoms with Gasteiger partial charge in [0.15, 0.2) is 0 Å². The van der Waals surface area contributed by atoms with Crippen molar-refractivity contribution in [1.82, 2.24) is 9.97 Å². The van der Waals surface area contributed by atoms with Gasteiger partial charge in [-0.2, -0.15) is 0 Å². The van der Waals surface area contributed by atoms with Gasteiger partial charge in [-0.15, -0.1) is 0 Å². The first kappa shape index (κ1) is 12.8. The number of aromatic nitrogens is 2. The van der Waals surface area contributed by atoms with Gasteiger partial charge in [-0.05, 0) is 49.1 Å². The van der Waals surface area contributed by atoms with Crippen molar-refractivity contribution < 1.29 is 4.39 Å². The van der Waals surface area contributed by atoms with E-state index in [1.807, 2.05) is 0 Å². The Bertz CT molecular complexity index is 643. The lowest BCUT2D eigenvalue weighted by atomic mass is 9.80. The molecule has 0 saturated heterocycles. The summed E-state index contributed by atoms with van der Waals surface area (Å²) in [6, 6.07) is 6.49. The van der Waals surface area contributed by atoms with Crippen molar-refractivity contribution in [2.24, 2.45) is 0 Å². The number of halogens is 3. The van der Waals surface area contributed by atoms with E-state index in [2.05, 4.69) is 16.9 Å². The Balaban J connectivity index is 2.17. The second-order valence-electron chi connectivity index (χ2n) is 4.95. The molecular weight excluding hydrogens is 286 g/mol. The average molecular weight is 297 g/mol. The maximum atomic E-state index is 13.1. The maximum absolute atomic E-state index is 13.1. The van der Waals surface area contributed by atoms with E-state index in [4.69, 9.17) is 23.2 Å². The minimum atomic E-state index is -0.292. The van der Waals surface area contributed by atoms with Crippen molar-refractivity contribution in [3.8, 4) is 0 Å². The second kappa shape index (κ2) is 4.43. The zero-order valence-corrected chi connectivity index (χ0v) is 11.8. The Morgan fingerprint density at radius 3 is 2.53 bits per heavy atom.